The predicted molar refractivity (Wildman–Crippen MR) is 86.1 cm³/mol. The van der Waals surface area contributed by atoms with E-state index in [0.29, 0.717) is 36.1 Å². The number of esters is 1. The molecule has 0 spiro atoms. The SMILES string of the molecule is COC(=O)c1cc(CN(C)CC(=O)N2CCC(C)CC2)oc1C. The van der Waals surface area contributed by atoms with Gasteiger partial charge in [-0.25, -0.2) is 4.79 Å². The number of methoxy groups -OCH3 is 1. The van der Waals surface area contributed by atoms with Crippen molar-refractivity contribution in [1.29, 1.82) is 0 Å². The van der Waals surface area contributed by atoms with Crippen LogP contribution in [0.5, 0.6) is 0 Å². The van der Waals surface area contributed by atoms with Crippen LogP contribution < -0.4 is 0 Å². The lowest BCUT2D eigenvalue weighted by atomic mass is 9.99. The van der Waals surface area contributed by atoms with Crippen LogP contribution in [0.3, 0.4) is 0 Å². The van der Waals surface area contributed by atoms with E-state index in [1.807, 2.05) is 16.8 Å². The zero-order valence-electron chi connectivity index (χ0n) is 14.4. The van der Waals surface area contributed by atoms with Crippen LogP contribution in [-0.4, -0.2) is 55.5 Å². The monoisotopic (exact) mass is 322 g/mol. The number of carbonyl (C=O) groups is 2. The van der Waals surface area contributed by atoms with Gasteiger partial charge in [-0.15, -0.1) is 0 Å². The number of likely N-dealkylation sites (tertiary alicyclic amines) is 1. The van der Waals surface area contributed by atoms with Crippen LogP contribution in [-0.2, 0) is 16.1 Å². The van der Waals surface area contributed by atoms with Crippen molar-refractivity contribution in [2.45, 2.75) is 33.2 Å². The van der Waals surface area contributed by atoms with Crippen molar-refractivity contribution in [3.63, 3.8) is 0 Å². The Kier molecular flexibility index (Phi) is 5.82. The fourth-order valence-electron chi connectivity index (χ4n) is 2.85. The first-order chi connectivity index (χ1) is 10.9. The lowest BCUT2D eigenvalue weighted by molar-refractivity contribution is -0.133. The second-order valence-electron chi connectivity index (χ2n) is 6.41. The van der Waals surface area contributed by atoms with E-state index in [1.54, 1.807) is 13.0 Å². The second kappa shape index (κ2) is 7.64. The van der Waals surface area contributed by atoms with E-state index < -0.39 is 5.97 Å². The van der Waals surface area contributed by atoms with E-state index in [9.17, 15) is 9.59 Å². The van der Waals surface area contributed by atoms with Crippen molar-refractivity contribution in [3.8, 4) is 0 Å². The molecule has 1 aliphatic heterocycles. The van der Waals surface area contributed by atoms with Crippen LogP contribution in [0.2, 0.25) is 0 Å². The van der Waals surface area contributed by atoms with Crippen molar-refractivity contribution in [2.75, 3.05) is 33.8 Å². The summed E-state index contributed by atoms with van der Waals surface area (Å²) in [7, 11) is 3.22. The van der Waals surface area contributed by atoms with Gasteiger partial charge >= 0.3 is 5.97 Å². The number of amides is 1. The van der Waals surface area contributed by atoms with Gasteiger partial charge in [0.05, 0.1) is 20.2 Å². The summed E-state index contributed by atoms with van der Waals surface area (Å²) in [5.74, 6) is 1.65. The molecule has 0 atom stereocenters. The fraction of sp³-hybridized carbons (Fsp3) is 0.647. The summed E-state index contributed by atoms with van der Waals surface area (Å²) in [5.41, 5.74) is 0.437. The maximum absolute atomic E-state index is 12.3. The average molecular weight is 322 g/mol. The molecule has 0 saturated carbocycles. The molecule has 1 fully saturated rings. The summed E-state index contributed by atoms with van der Waals surface area (Å²) >= 11 is 0. The van der Waals surface area contributed by atoms with Crippen LogP contribution in [0.4, 0.5) is 0 Å². The standard InChI is InChI=1S/C17H26N2O4/c1-12-5-7-19(8-6-12)16(20)11-18(3)10-14-9-15(13(2)23-14)17(21)22-4/h9,12H,5-8,10-11H2,1-4H3. The van der Waals surface area contributed by atoms with Gasteiger partial charge in [0.25, 0.3) is 0 Å². The van der Waals surface area contributed by atoms with Gasteiger partial charge in [-0.1, -0.05) is 6.92 Å². The molecule has 0 aromatic carbocycles. The Bertz CT molecular complexity index is 559. The molecule has 6 nitrogen and oxygen atoms in total. The summed E-state index contributed by atoms with van der Waals surface area (Å²) in [5, 5.41) is 0. The minimum absolute atomic E-state index is 0.149. The minimum atomic E-state index is -0.404. The van der Waals surface area contributed by atoms with E-state index in [-0.39, 0.29) is 5.91 Å². The van der Waals surface area contributed by atoms with Gasteiger partial charge in [-0.3, -0.25) is 9.69 Å². The Morgan fingerprint density at radius 3 is 2.65 bits per heavy atom. The number of furan rings is 1. The van der Waals surface area contributed by atoms with Gasteiger partial charge in [0, 0.05) is 13.1 Å². The molecule has 0 bridgehead atoms. The average Bonchev–Trinajstić information content (AvgIpc) is 2.87. The third kappa shape index (κ3) is 4.58. The molecule has 23 heavy (non-hydrogen) atoms. The van der Waals surface area contributed by atoms with Gasteiger partial charge in [-0.05, 0) is 38.8 Å². The first-order valence-corrected chi connectivity index (χ1v) is 8.04. The number of nitrogens with zero attached hydrogens (tertiary/aromatic N) is 2. The number of aryl methyl sites for hydroxylation is 1. The highest BCUT2D eigenvalue weighted by molar-refractivity contribution is 5.90. The summed E-state index contributed by atoms with van der Waals surface area (Å²) in [6, 6.07) is 1.69. The molecule has 0 radical (unpaired) electrons. The smallest absolute Gasteiger partial charge is 0.341 e. The first kappa shape index (κ1) is 17.5. The maximum atomic E-state index is 12.3. The molecular weight excluding hydrogens is 296 g/mol. The number of ether oxygens (including phenoxy) is 1. The van der Waals surface area contributed by atoms with Crippen LogP contribution in [0.1, 0.15) is 41.6 Å². The highest BCUT2D eigenvalue weighted by Gasteiger charge is 2.22. The third-order valence-corrected chi connectivity index (χ3v) is 4.34. The molecule has 1 aromatic rings. The molecule has 1 aromatic heterocycles. The van der Waals surface area contributed by atoms with Crippen LogP contribution in [0.25, 0.3) is 0 Å². The molecule has 0 N–H and O–H groups in total. The van der Waals surface area contributed by atoms with E-state index >= 15 is 0 Å². The highest BCUT2D eigenvalue weighted by atomic mass is 16.5. The predicted octanol–water partition coefficient (Wildman–Crippen LogP) is 2.06. The summed E-state index contributed by atoms with van der Waals surface area (Å²) in [4.78, 5) is 27.7. The Morgan fingerprint density at radius 2 is 2.04 bits per heavy atom. The molecule has 0 aliphatic carbocycles. The Labute approximate surface area is 137 Å². The van der Waals surface area contributed by atoms with Crippen molar-refractivity contribution in [3.05, 3.63) is 23.2 Å². The van der Waals surface area contributed by atoms with Crippen LogP contribution in [0.15, 0.2) is 10.5 Å². The minimum Gasteiger partial charge on any atom is -0.465 e. The normalized spacial score (nSPS) is 16.0. The maximum Gasteiger partial charge on any atom is 0.341 e. The van der Waals surface area contributed by atoms with E-state index in [1.165, 1.54) is 7.11 Å². The zero-order chi connectivity index (χ0) is 17.0. The van der Waals surface area contributed by atoms with Gasteiger partial charge in [0.2, 0.25) is 5.91 Å². The molecular formula is C17H26N2O4. The Balaban J connectivity index is 1.88. The van der Waals surface area contributed by atoms with Gasteiger partial charge in [0.15, 0.2) is 0 Å². The summed E-state index contributed by atoms with van der Waals surface area (Å²) in [6.45, 7) is 6.48. The number of hydrogen-bond donors (Lipinski definition) is 0. The van der Waals surface area contributed by atoms with Gasteiger partial charge in [0.1, 0.15) is 17.1 Å². The molecule has 128 valence electrons. The highest BCUT2D eigenvalue weighted by Crippen LogP contribution is 2.18. The van der Waals surface area contributed by atoms with E-state index in [4.69, 9.17) is 9.15 Å². The van der Waals surface area contributed by atoms with Crippen molar-refractivity contribution in [1.82, 2.24) is 9.80 Å². The summed E-state index contributed by atoms with van der Waals surface area (Å²) < 4.78 is 10.3. The number of carbonyl (C=O) groups excluding carboxylic acids is 2. The topological polar surface area (TPSA) is 63.0 Å². The van der Waals surface area contributed by atoms with Crippen molar-refractivity contribution in [2.24, 2.45) is 5.92 Å². The van der Waals surface area contributed by atoms with E-state index in [2.05, 4.69) is 6.92 Å². The molecule has 0 unspecified atom stereocenters. The Morgan fingerprint density at radius 1 is 1.39 bits per heavy atom. The van der Waals surface area contributed by atoms with Crippen LogP contribution in [0, 0.1) is 12.8 Å². The second-order valence-corrected chi connectivity index (χ2v) is 6.41. The number of rotatable bonds is 5. The van der Waals surface area contributed by atoms with Gasteiger partial charge < -0.3 is 14.1 Å². The lowest BCUT2D eigenvalue weighted by Gasteiger charge is -2.31. The fourth-order valence-corrected chi connectivity index (χ4v) is 2.85. The number of likely N-dealkylation sites (N-methyl/N-ethyl adjacent to an activating group) is 1. The molecule has 6 heteroatoms. The van der Waals surface area contributed by atoms with Crippen molar-refractivity contribution < 1.29 is 18.7 Å². The quantitative estimate of drug-likeness (QED) is 0.777. The third-order valence-electron chi connectivity index (χ3n) is 4.34. The molecule has 2 rings (SSSR count). The van der Waals surface area contributed by atoms with Gasteiger partial charge in [-0.2, -0.15) is 0 Å². The lowest BCUT2D eigenvalue weighted by Crippen LogP contribution is -2.42. The Hall–Kier alpha value is -1.82. The number of hydrogen-bond acceptors (Lipinski definition) is 5. The summed E-state index contributed by atoms with van der Waals surface area (Å²) in [6.07, 6.45) is 2.16. The zero-order valence-corrected chi connectivity index (χ0v) is 14.4. The van der Waals surface area contributed by atoms with E-state index in [0.717, 1.165) is 25.9 Å². The number of piperidine rings is 1. The molecule has 1 aliphatic rings. The molecule has 2 heterocycles. The van der Waals surface area contributed by atoms with Crippen molar-refractivity contribution >= 4 is 11.9 Å². The molecule has 1 saturated heterocycles. The largest absolute Gasteiger partial charge is 0.465 e. The first-order valence-electron chi connectivity index (χ1n) is 8.04. The molecule has 1 amide bonds. The van der Waals surface area contributed by atoms with Crippen LogP contribution >= 0.6 is 0 Å².